The Balaban J connectivity index is 1.33. The van der Waals surface area contributed by atoms with E-state index in [1.165, 1.54) is 27.8 Å². The van der Waals surface area contributed by atoms with E-state index in [1.807, 2.05) is 42.5 Å². The summed E-state index contributed by atoms with van der Waals surface area (Å²) in [5, 5.41) is 0. The number of fused-ring (bicyclic) bond motifs is 3. The molecule has 0 saturated heterocycles. The normalized spacial score (nSPS) is 12.0. The first-order chi connectivity index (χ1) is 17.2. The Morgan fingerprint density at radius 2 is 1.37 bits per heavy atom. The van der Waals surface area contributed by atoms with Crippen molar-refractivity contribution in [3.63, 3.8) is 0 Å². The molecule has 0 bridgehead atoms. The number of benzene rings is 4. The maximum atomic E-state index is 13.4. The van der Waals surface area contributed by atoms with Gasteiger partial charge < -0.3 is 4.74 Å². The molecule has 0 radical (unpaired) electrons. The van der Waals surface area contributed by atoms with Gasteiger partial charge in [-0.05, 0) is 64.9 Å². The summed E-state index contributed by atoms with van der Waals surface area (Å²) in [6.45, 7) is 0.792. The maximum absolute atomic E-state index is 13.4. The number of aryl methyl sites for hydroxylation is 1. The van der Waals surface area contributed by atoms with Crippen molar-refractivity contribution in [3.05, 3.63) is 125 Å². The lowest BCUT2D eigenvalue weighted by atomic mass is 9.98. The van der Waals surface area contributed by atoms with Gasteiger partial charge in [0.25, 0.3) is 0 Å². The zero-order chi connectivity index (χ0) is 24.0. The highest BCUT2D eigenvalue weighted by Gasteiger charge is 2.30. The topological polar surface area (TPSA) is 46.6 Å². The molecular weight excluding hydrogens is 434 g/mol. The van der Waals surface area contributed by atoms with Crippen LogP contribution in [0.3, 0.4) is 0 Å². The molecule has 4 aromatic carbocycles. The molecule has 0 spiro atoms. The van der Waals surface area contributed by atoms with Crippen LogP contribution in [0, 0.1) is 0 Å². The molecule has 0 heterocycles. The highest BCUT2D eigenvalue weighted by atomic mass is 16.6. The molecule has 1 aliphatic carbocycles. The van der Waals surface area contributed by atoms with Gasteiger partial charge in [0.15, 0.2) is 0 Å². The van der Waals surface area contributed by atoms with Gasteiger partial charge in [-0.15, -0.1) is 0 Å². The Hall–Kier alpha value is -4.18. The summed E-state index contributed by atoms with van der Waals surface area (Å²) in [4.78, 5) is 26.1. The zero-order valence-corrected chi connectivity index (χ0v) is 19.5. The van der Waals surface area contributed by atoms with Crippen LogP contribution >= 0.6 is 0 Å². The van der Waals surface area contributed by atoms with Gasteiger partial charge >= 0.3 is 6.09 Å². The van der Waals surface area contributed by atoms with Gasteiger partial charge in [0.2, 0.25) is 0 Å². The Labute approximate surface area is 205 Å². The summed E-state index contributed by atoms with van der Waals surface area (Å²) >= 11 is 0. The van der Waals surface area contributed by atoms with Crippen molar-refractivity contribution in [1.29, 1.82) is 0 Å². The molecule has 0 unspecified atom stereocenters. The van der Waals surface area contributed by atoms with Crippen molar-refractivity contribution in [2.75, 3.05) is 18.1 Å². The minimum Gasteiger partial charge on any atom is -0.448 e. The van der Waals surface area contributed by atoms with E-state index in [9.17, 15) is 9.59 Å². The van der Waals surface area contributed by atoms with Crippen LogP contribution < -0.4 is 4.90 Å². The number of hydrogen-bond acceptors (Lipinski definition) is 3. The molecule has 0 saturated carbocycles. The summed E-state index contributed by atoms with van der Waals surface area (Å²) in [5.41, 5.74) is 7.31. The van der Waals surface area contributed by atoms with Crippen LogP contribution in [0.1, 0.15) is 39.4 Å². The van der Waals surface area contributed by atoms with Crippen molar-refractivity contribution >= 4 is 18.1 Å². The number of aldehydes is 1. The number of rotatable bonds is 8. The van der Waals surface area contributed by atoms with Crippen LogP contribution in [0.2, 0.25) is 0 Å². The van der Waals surface area contributed by atoms with E-state index in [1.54, 1.807) is 29.2 Å². The summed E-state index contributed by atoms with van der Waals surface area (Å²) in [5.74, 6) is 0.00922. The number of ether oxygens (including phenoxy) is 1. The predicted molar refractivity (Wildman–Crippen MR) is 139 cm³/mol. The highest BCUT2D eigenvalue weighted by Crippen LogP contribution is 2.44. The van der Waals surface area contributed by atoms with Crippen LogP contribution in [0.15, 0.2) is 103 Å². The third-order valence-corrected chi connectivity index (χ3v) is 6.59. The molecule has 0 fully saturated rings. The highest BCUT2D eigenvalue weighted by molar-refractivity contribution is 5.88. The van der Waals surface area contributed by atoms with Crippen molar-refractivity contribution in [1.82, 2.24) is 0 Å². The van der Waals surface area contributed by atoms with E-state index in [4.69, 9.17) is 4.74 Å². The van der Waals surface area contributed by atoms with Crippen LogP contribution in [-0.4, -0.2) is 25.5 Å². The van der Waals surface area contributed by atoms with Gasteiger partial charge in [0.05, 0.1) is 0 Å². The van der Waals surface area contributed by atoms with Crippen LogP contribution in [0.25, 0.3) is 11.1 Å². The summed E-state index contributed by atoms with van der Waals surface area (Å²) in [6, 6.07) is 33.9. The lowest BCUT2D eigenvalue weighted by Crippen LogP contribution is -2.33. The minimum absolute atomic E-state index is 0.00922. The molecule has 1 amide bonds. The average Bonchev–Trinajstić information content (AvgIpc) is 3.24. The molecule has 4 heteroatoms. The van der Waals surface area contributed by atoms with E-state index in [0.717, 1.165) is 24.8 Å². The van der Waals surface area contributed by atoms with Crippen molar-refractivity contribution in [3.8, 4) is 11.1 Å². The van der Waals surface area contributed by atoms with Crippen molar-refractivity contribution < 1.29 is 14.3 Å². The van der Waals surface area contributed by atoms with E-state index in [0.29, 0.717) is 12.1 Å². The van der Waals surface area contributed by atoms with Gasteiger partial charge in [-0.25, -0.2) is 4.79 Å². The number of nitrogens with zero attached hydrogens (tertiary/aromatic N) is 1. The van der Waals surface area contributed by atoms with E-state index in [2.05, 4.69) is 36.4 Å². The Kier molecular flexibility index (Phi) is 6.71. The largest absolute Gasteiger partial charge is 0.448 e. The van der Waals surface area contributed by atoms with Gasteiger partial charge in [-0.2, -0.15) is 0 Å². The Morgan fingerprint density at radius 1 is 0.771 bits per heavy atom. The van der Waals surface area contributed by atoms with E-state index >= 15 is 0 Å². The SMILES string of the molecule is O=Cc1ccc(N(CCCc2ccccc2)C(=O)OCC2c3ccccc3-c3ccccc32)cc1. The van der Waals surface area contributed by atoms with E-state index < -0.39 is 0 Å². The molecule has 174 valence electrons. The van der Waals surface area contributed by atoms with Crippen molar-refractivity contribution in [2.45, 2.75) is 18.8 Å². The Bertz CT molecular complexity index is 1270. The molecule has 5 rings (SSSR count). The van der Waals surface area contributed by atoms with Crippen molar-refractivity contribution in [2.24, 2.45) is 0 Å². The molecule has 35 heavy (non-hydrogen) atoms. The second-order valence-electron chi connectivity index (χ2n) is 8.75. The molecule has 1 aliphatic rings. The predicted octanol–water partition coefficient (Wildman–Crippen LogP) is 6.89. The first kappa shape index (κ1) is 22.6. The first-order valence-electron chi connectivity index (χ1n) is 12.0. The van der Waals surface area contributed by atoms with Gasteiger partial charge in [0, 0.05) is 23.7 Å². The third-order valence-electron chi connectivity index (χ3n) is 6.59. The van der Waals surface area contributed by atoms with E-state index in [-0.39, 0.29) is 18.6 Å². The fourth-order valence-electron chi connectivity index (χ4n) is 4.82. The number of carbonyl (C=O) groups is 2. The lowest BCUT2D eigenvalue weighted by Gasteiger charge is -2.24. The van der Waals surface area contributed by atoms with Crippen LogP contribution in [0.4, 0.5) is 10.5 Å². The second kappa shape index (κ2) is 10.4. The fourth-order valence-corrected chi connectivity index (χ4v) is 4.82. The molecule has 0 aromatic heterocycles. The number of anilines is 1. The smallest absolute Gasteiger partial charge is 0.414 e. The van der Waals surface area contributed by atoms with Gasteiger partial charge in [-0.3, -0.25) is 9.69 Å². The molecular formula is C31H27NO3. The fraction of sp³-hybridized carbons (Fsp3) is 0.161. The molecule has 4 aromatic rings. The van der Waals surface area contributed by atoms with Gasteiger partial charge in [0.1, 0.15) is 12.9 Å². The average molecular weight is 462 g/mol. The molecule has 0 aliphatic heterocycles. The monoisotopic (exact) mass is 461 g/mol. The number of hydrogen-bond donors (Lipinski definition) is 0. The number of amides is 1. The Morgan fingerprint density at radius 3 is 2.00 bits per heavy atom. The van der Waals surface area contributed by atoms with Crippen LogP contribution in [0.5, 0.6) is 0 Å². The second-order valence-corrected chi connectivity index (χ2v) is 8.75. The maximum Gasteiger partial charge on any atom is 0.414 e. The quantitative estimate of drug-likeness (QED) is 0.269. The van der Waals surface area contributed by atoms with Crippen LogP contribution in [-0.2, 0) is 11.2 Å². The minimum atomic E-state index is -0.376. The van der Waals surface area contributed by atoms with Gasteiger partial charge in [-0.1, -0.05) is 78.9 Å². The summed E-state index contributed by atoms with van der Waals surface area (Å²) < 4.78 is 5.93. The molecule has 0 atom stereocenters. The first-order valence-corrected chi connectivity index (χ1v) is 12.0. The lowest BCUT2D eigenvalue weighted by molar-refractivity contribution is 0.112. The standard InChI is InChI=1S/C31H27NO3/c33-21-24-16-18-25(19-17-24)32(20-8-11-23-9-2-1-3-10-23)31(34)35-22-30-28-14-6-4-12-26(28)27-13-5-7-15-29(27)30/h1-7,9-10,12-19,21,30H,8,11,20,22H2. The summed E-state index contributed by atoms with van der Waals surface area (Å²) in [6.07, 6.45) is 2.08. The summed E-state index contributed by atoms with van der Waals surface area (Å²) in [7, 11) is 0. The molecule has 4 nitrogen and oxygen atoms in total. The molecule has 0 N–H and O–H groups in total. The third kappa shape index (κ3) is 4.87. The number of carbonyl (C=O) groups excluding carboxylic acids is 2. The zero-order valence-electron chi connectivity index (χ0n) is 19.5.